The standard InChI is InChI=1S/C27H34F3N3O2/c1-17(34)31-20-11-13-33(14-12-20)16-21-8-9-22-25(18-5-3-2-4-6-18)32-24-10-7-19(27(28,29)30)15-23(24)26(22)35-21/h2-5,7,10,15,18,20-22,25-26,32H,6,8-9,11-14,16H2,1H3,(H,31,34)/t18?,21-,22+,25+,26+/m1/s1. The van der Waals surface area contributed by atoms with Crippen molar-refractivity contribution in [1.82, 2.24) is 10.2 Å². The number of ether oxygens (including phenoxy) is 1. The second-order valence-electron chi connectivity index (χ2n) is 10.4. The molecule has 2 N–H and O–H groups in total. The van der Waals surface area contributed by atoms with Crippen molar-refractivity contribution in [2.75, 3.05) is 25.0 Å². The summed E-state index contributed by atoms with van der Waals surface area (Å²) in [5, 5.41) is 6.59. The van der Waals surface area contributed by atoms with Gasteiger partial charge in [-0.25, -0.2) is 0 Å². The number of alkyl halides is 3. The highest BCUT2D eigenvalue weighted by Gasteiger charge is 2.45. The fraction of sp³-hybridized carbons (Fsp3) is 0.593. The number of piperidine rings is 1. The molecule has 0 saturated carbocycles. The average Bonchev–Trinajstić information content (AvgIpc) is 2.84. The first-order valence-electron chi connectivity index (χ1n) is 12.7. The van der Waals surface area contributed by atoms with E-state index in [1.807, 2.05) is 6.08 Å². The van der Waals surface area contributed by atoms with E-state index in [-0.39, 0.29) is 42.0 Å². The van der Waals surface area contributed by atoms with Crippen LogP contribution in [0.3, 0.4) is 0 Å². The molecule has 8 heteroatoms. The van der Waals surface area contributed by atoms with Crippen LogP contribution < -0.4 is 10.6 Å². The predicted molar refractivity (Wildman–Crippen MR) is 129 cm³/mol. The number of hydrogen-bond acceptors (Lipinski definition) is 4. The maximum Gasteiger partial charge on any atom is 0.416 e. The fourth-order valence-electron chi connectivity index (χ4n) is 6.23. The molecule has 35 heavy (non-hydrogen) atoms. The molecule has 4 aliphatic rings. The molecule has 5 atom stereocenters. The summed E-state index contributed by atoms with van der Waals surface area (Å²) < 4.78 is 47.2. The van der Waals surface area contributed by atoms with E-state index in [4.69, 9.17) is 4.74 Å². The summed E-state index contributed by atoms with van der Waals surface area (Å²) >= 11 is 0. The van der Waals surface area contributed by atoms with Crippen molar-refractivity contribution in [3.8, 4) is 0 Å². The van der Waals surface area contributed by atoms with E-state index in [0.717, 1.165) is 57.4 Å². The zero-order valence-electron chi connectivity index (χ0n) is 20.1. The van der Waals surface area contributed by atoms with E-state index in [0.29, 0.717) is 5.56 Å². The van der Waals surface area contributed by atoms with Crippen LogP contribution in [0.15, 0.2) is 42.5 Å². The van der Waals surface area contributed by atoms with Gasteiger partial charge in [-0.2, -0.15) is 13.2 Å². The highest BCUT2D eigenvalue weighted by atomic mass is 19.4. The summed E-state index contributed by atoms with van der Waals surface area (Å²) in [7, 11) is 0. The average molecular weight is 490 g/mol. The van der Waals surface area contributed by atoms with E-state index < -0.39 is 11.7 Å². The van der Waals surface area contributed by atoms with E-state index in [2.05, 4.69) is 33.8 Å². The maximum absolute atomic E-state index is 13.5. The molecule has 3 heterocycles. The smallest absolute Gasteiger partial charge is 0.381 e. The van der Waals surface area contributed by atoms with Crippen molar-refractivity contribution in [3.63, 3.8) is 0 Å². The number of likely N-dealkylation sites (tertiary alicyclic amines) is 1. The van der Waals surface area contributed by atoms with Gasteiger partial charge in [0.1, 0.15) is 0 Å². The van der Waals surface area contributed by atoms with Gasteiger partial charge in [0.15, 0.2) is 0 Å². The zero-order chi connectivity index (χ0) is 24.6. The number of amides is 1. The third kappa shape index (κ3) is 5.43. The Morgan fingerprint density at radius 2 is 1.97 bits per heavy atom. The highest BCUT2D eigenvalue weighted by molar-refractivity contribution is 5.73. The predicted octanol–water partition coefficient (Wildman–Crippen LogP) is 5.07. The summed E-state index contributed by atoms with van der Waals surface area (Å²) in [5.74, 6) is 0.413. The number of hydrogen-bond donors (Lipinski definition) is 2. The minimum absolute atomic E-state index is 0.00533. The van der Waals surface area contributed by atoms with Crippen LogP contribution in [0, 0.1) is 11.8 Å². The lowest BCUT2D eigenvalue weighted by Crippen LogP contribution is -2.50. The third-order valence-corrected chi connectivity index (χ3v) is 7.95. The Morgan fingerprint density at radius 1 is 1.17 bits per heavy atom. The minimum Gasteiger partial charge on any atom is -0.381 e. The molecule has 1 aliphatic carbocycles. The quantitative estimate of drug-likeness (QED) is 0.620. The Bertz CT molecular complexity index is 984. The van der Waals surface area contributed by atoms with Gasteiger partial charge >= 0.3 is 6.18 Å². The van der Waals surface area contributed by atoms with Gasteiger partial charge in [0.25, 0.3) is 0 Å². The van der Waals surface area contributed by atoms with Gasteiger partial charge in [-0.1, -0.05) is 24.3 Å². The second kappa shape index (κ2) is 9.97. The molecular formula is C27H34F3N3O2. The SMILES string of the molecule is CC(=O)NC1CCN(C[C@H]2CC[C@@H]3[C@H](O2)c2cc(C(F)(F)F)ccc2N[C@H]3C2C=CC=CC2)CC1. The Hall–Kier alpha value is -2.32. The van der Waals surface area contributed by atoms with Crippen LogP contribution >= 0.6 is 0 Å². The lowest BCUT2D eigenvalue weighted by molar-refractivity contribution is -0.138. The lowest BCUT2D eigenvalue weighted by atomic mass is 9.73. The molecular weight excluding hydrogens is 455 g/mol. The summed E-state index contributed by atoms with van der Waals surface area (Å²) in [6.07, 6.45) is 8.25. The van der Waals surface area contributed by atoms with Crippen LogP contribution in [0.4, 0.5) is 18.9 Å². The number of nitrogens with zero attached hydrogens (tertiary/aromatic N) is 1. The number of carbonyl (C=O) groups is 1. The van der Waals surface area contributed by atoms with E-state index >= 15 is 0 Å². The number of benzene rings is 1. The molecule has 1 aromatic rings. The first-order chi connectivity index (χ1) is 16.8. The molecule has 1 amide bonds. The highest BCUT2D eigenvalue weighted by Crippen LogP contribution is 2.49. The number of rotatable bonds is 4. The Kier molecular flexibility index (Phi) is 6.95. The Labute approximate surface area is 204 Å². The van der Waals surface area contributed by atoms with Crippen LogP contribution in [0.1, 0.15) is 56.3 Å². The number of halogens is 3. The lowest BCUT2D eigenvalue weighted by Gasteiger charge is -2.48. The molecule has 2 fully saturated rings. The molecule has 0 radical (unpaired) electrons. The van der Waals surface area contributed by atoms with Crippen molar-refractivity contribution < 1.29 is 22.7 Å². The molecule has 5 rings (SSSR count). The van der Waals surface area contributed by atoms with E-state index in [9.17, 15) is 18.0 Å². The molecule has 1 aromatic carbocycles. The second-order valence-corrected chi connectivity index (χ2v) is 10.4. The normalized spacial score (nSPS) is 31.4. The van der Waals surface area contributed by atoms with E-state index in [1.165, 1.54) is 12.1 Å². The van der Waals surface area contributed by atoms with Crippen molar-refractivity contribution in [3.05, 3.63) is 53.6 Å². The van der Waals surface area contributed by atoms with Crippen LogP contribution in [0.2, 0.25) is 0 Å². The monoisotopic (exact) mass is 489 g/mol. The van der Waals surface area contributed by atoms with Gasteiger partial charge in [-0.3, -0.25) is 4.79 Å². The first kappa shape index (κ1) is 24.4. The van der Waals surface area contributed by atoms with Crippen LogP contribution in [-0.4, -0.2) is 48.6 Å². The number of nitrogens with one attached hydrogen (secondary N) is 2. The summed E-state index contributed by atoms with van der Waals surface area (Å²) in [6.45, 7) is 4.09. The summed E-state index contributed by atoms with van der Waals surface area (Å²) in [6, 6.07) is 4.37. The zero-order valence-corrected chi connectivity index (χ0v) is 20.1. The molecule has 2 saturated heterocycles. The molecule has 190 valence electrons. The van der Waals surface area contributed by atoms with Crippen LogP contribution in [0.5, 0.6) is 0 Å². The summed E-state index contributed by atoms with van der Waals surface area (Å²) in [4.78, 5) is 13.7. The maximum atomic E-state index is 13.5. The molecule has 1 unspecified atom stereocenters. The molecule has 0 spiro atoms. The fourth-order valence-corrected chi connectivity index (χ4v) is 6.23. The number of carbonyl (C=O) groups excluding carboxylic acids is 1. The molecule has 0 bridgehead atoms. The van der Waals surface area contributed by atoms with Crippen molar-refractivity contribution >= 4 is 11.6 Å². The number of fused-ring (bicyclic) bond motifs is 3. The Balaban J connectivity index is 1.33. The molecule has 0 aromatic heterocycles. The molecule has 3 aliphatic heterocycles. The van der Waals surface area contributed by atoms with Gasteiger partial charge in [-0.05, 0) is 50.3 Å². The van der Waals surface area contributed by atoms with Crippen molar-refractivity contribution in [2.24, 2.45) is 11.8 Å². The molecule has 5 nitrogen and oxygen atoms in total. The van der Waals surface area contributed by atoms with Crippen molar-refractivity contribution in [1.29, 1.82) is 0 Å². The topological polar surface area (TPSA) is 53.6 Å². The van der Waals surface area contributed by atoms with Crippen LogP contribution in [-0.2, 0) is 15.7 Å². The van der Waals surface area contributed by atoms with Gasteiger partial charge < -0.3 is 20.3 Å². The van der Waals surface area contributed by atoms with Gasteiger partial charge in [-0.15, -0.1) is 0 Å². The number of allylic oxidation sites excluding steroid dienone is 3. The van der Waals surface area contributed by atoms with Crippen molar-refractivity contribution in [2.45, 2.75) is 69.5 Å². The Morgan fingerprint density at radius 3 is 2.66 bits per heavy atom. The van der Waals surface area contributed by atoms with Gasteiger partial charge in [0, 0.05) is 61.7 Å². The van der Waals surface area contributed by atoms with Gasteiger partial charge in [0.2, 0.25) is 5.91 Å². The first-order valence-corrected chi connectivity index (χ1v) is 12.7. The number of anilines is 1. The summed E-state index contributed by atoms with van der Waals surface area (Å²) in [5.41, 5.74) is 0.760. The minimum atomic E-state index is -4.38. The third-order valence-electron chi connectivity index (χ3n) is 7.95. The van der Waals surface area contributed by atoms with E-state index in [1.54, 1.807) is 13.0 Å². The van der Waals surface area contributed by atoms with Gasteiger partial charge in [0.05, 0.1) is 17.8 Å². The largest absolute Gasteiger partial charge is 0.416 e. The van der Waals surface area contributed by atoms with Crippen LogP contribution in [0.25, 0.3) is 0 Å².